The molecule has 2 aromatic carbocycles. The summed E-state index contributed by atoms with van der Waals surface area (Å²) in [5.41, 5.74) is 2.45. The molecule has 1 aromatic heterocycles. The molecule has 3 rings (SSSR count). The SMILES string of the molecule is O=C(CSc1ccccc1Cl)Nc1ccccc1Sc1nncs1. The van der Waals surface area contributed by atoms with E-state index < -0.39 is 0 Å². The average molecular weight is 394 g/mol. The zero-order valence-electron chi connectivity index (χ0n) is 12.3. The predicted octanol–water partition coefficient (Wildman–Crippen LogP) is 5.07. The molecule has 4 nitrogen and oxygen atoms in total. The molecule has 0 radical (unpaired) electrons. The van der Waals surface area contributed by atoms with Gasteiger partial charge in [-0.1, -0.05) is 59.0 Å². The van der Waals surface area contributed by atoms with Gasteiger partial charge in [0.05, 0.1) is 16.5 Å². The largest absolute Gasteiger partial charge is 0.324 e. The van der Waals surface area contributed by atoms with Crippen LogP contribution >= 0.6 is 46.5 Å². The first kappa shape index (κ1) is 17.3. The second-order valence-corrected chi connectivity index (χ2v) is 8.12. The maximum atomic E-state index is 12.2. The van der Waals surface area contributed by atoms with Crippen molar-refractivity contribution in [2.75, 3.05) is 11.1 Å². The van der Waals surface area contributed by atoms with Crippen molar-refractivity contribution in [3.63, 3.8) is 0 Å². The van der Waals surface area contributed by atoms with E-state index in [9.17, 15) is 4.79 Å². The van der Waals surface area contributed by atoms with Crippen LogP contribution in [0, 0.1) is 0 Å². The number of anilines is 1. The molecule has 122 valence electrons. The number of aromatic nitrogens is 2. The van der Waals surface area contributed by atoms with Gasteiger partial charge in [0.2, 0.25) is 5.91 Å². The molecule has 0 spiro atoms. The van der Waals surface area contributed by atoms with Crippen molar-refractivity contribution in [2.45, 2.75) is 14.1 Å². The Morgan fingerprint density at radius 1 is 1.12 bits per heavy atom. The molecular formula is C16H12ClN3OS3. The third-order valence-electron chi connectivity index (χ3n) is 2.89. The highest BCUT2D eigenvalue weighted by molar-refractivity contribution is 8.01. The summed E-state index contributed by atoms with van der Waals surface area (Å²) in [4.78, 5) is 14.1. The number of nitrogens with zero attached hydrogens (tertiary/aromatic N) is 2. The quantitative estimate of drug-likeness (QED) is 0.592. The van der Waals surface area contributed by atoms with E-state index in [-0.39, 0.29) is 5.91 Å². The molecule has 1 amide bonds. The molecule has 8 heteroatoms. The monoisotopic (exact) mass is 393 g/mol. The second-order valence-electron chi connectivity index (χ2n) is 4.57. The van der Waals surface area contributed by atoms with Crippen LogP contribution in [0.1, 0.15) is 0 Å². The van der Waals surface area contributed by atoms with Gasteiger partial charge in [-0.25, -0.2) is 0 Å². The Morgan fingerprint density at radius 2 is 1.88 bits per heavy atom. The van der Waals surface area contributed by atoms with Gasteiger partial charge in [-0.3, -0.25) is 4.79 Å². The molecule has 24 heavy (non-hydrogen) atoms. The van der Waals surface area contributed by atoms with Crippen LogP contribution in [0.4, 0.5) is 5.69 Å². The number of carbonyl (C=O) groups is 1. The lowest BCUT2D eigenvalue weighted by molar-refractivity contribution is -0.113. The van der Waals surface area contributed by atoms with Gasteiger partial charge in [0.1, 0.15) is 5.51 Å². The minimum Gasteiger partial charge on any atom is -0.324 e. The van der Waals surface area contributed by atoms with Crippen molar-refractivity contribution in [3.05, 3.63) is 59.1 Å². The summed E-state index contributed by atoms with van der Waals surface area (Å²) in [7, 11) is 0. The Bertz CT molecular complexity index is 827. The minimum absolute atomic E-state index is 0.0785. The first-order valence-electron chi connectivity index (χ1n) is 6.92. The highest BCUT2D eigenvalue weighted by atomic mass is 35.5. The summed E-state index contributed by atoms with van der Waals surface area (Å²) >= 11 is 10.5. The van der Waals surface area contributed by atoms with Crippen LogP contribution in [0.3, 0.4) is 0 Å². The number of hydrogen-bond acceptors (Lipinski definition) is 6. The van der Waals surface area contributed by atoms with E-state index in [0.29, 0.717) is 10.8 Å². The van der Waals surface area contributed by atoms with Crippen molar-refractivity contribution < 1.29 is 4.79 Å². The topological polar surface area (TPSA) is 54.9 Å². The Hall–Kier alpha value is -1.54. The molecule has 0 atom stereocenters. The summed E-state index contributed by atoms with van der Waals surface area (Å²) in [5.74, 6) is 0.215. The number of thioether (sulfide) groups is 1. The Labute approximate surface area is 157 Å². The molecule has 0 saturated heterocycles. The number of nitrogens with one attached hydrogen (secondary N) is 1. The normalized spacial score (nSPS) is 10.5. The van der Waals surface area contributed by atoms with Crippen LogP contribution in [-0.2, 0) is 4.79 Å². The third-order valence-corrected chi connectivity index (χ3v) is 6.26. The third kappa shape index (κ3) is 4.73. The van der Waals surface area contributed by atoms with E-state index in [4.69, 9.17) is 11.6 Å². The lowest BCUT2D eigenvalue weighted by atomic mass is 10.3. The smallest absolute Gasteiger partial charge is 0.234 e. The average Bonchev–Trinajstić information content (AvgIpc) is 3.09. The van der Waals surface area contributed by atoms with Gasteiger partial charge in [0.25, 0.3) is 0 Å². The van der Waals surface area contributed by atoms with Crippen LogP contribution in [0.2, 0.25) is 5.02 Å². The van der Waals surface area contributed by atoms with Crippen LogP contribution in [0.5, 0.6) is 0 Å². The number of hydrogen-bond donors (Lipinski definition) is 1. The van der Waals surface area contributed by atoms with Crippen molar-refractivity contribution in [1.82, 2.24) is 10.2 Å². The van der Waals surface area contributed by atoms with E-state index in [0.717, 1.165) is 19.8 Å². The summed E-state index contributed by atoms with van der Waals surface area (Å²) in [5, 5.41) is 11.4. The summed E-state index contributed by atoms with van der Waals surface area (Å²) in [6.45, 7) is 0. The Balaban J connectivity index is 1.63. The standard InChI is InChI=1S/C16H12ClN3OS3/c17-11-5-1-3-7-13(11)22-9-15(21)19-12-6-2-4-8-14(12)24-16-20-18-10-23-16/h1-8,10H,9H2,(H,19,21). The van der Waals surface area contributed by atoms with Gasteiger partial charge in [-0.05, 0) is 24.3 Å². The number of halogens is 1. The number of carbonyl (C=O) groups excluding carboxylic acids is 1. The fourth-order valence-corrected chi connectivity index (χ4v) is 4.41. The Kier molecular flexibility index (Phi) is 6.14. The van der Waals surface area contributed by atoms with Crippen LogP contribution in [0.25, 0.3) is 0 Å². The van der Waals surface area contributed by atoms with Crippen LogP contribution in [0.15, 0.2) is 68.2 Å². The maximum Gasteiger partial charge on any atom is 0.234 e. The fraction of sp³-hybridized carbons (Fsp3) is 0.0625. The maximum absolute atomic E-state index is 12.2. The highest BCUT2D eigenvalue weighted by Crippen LogP contribution is 2.34. The fourth-order valence-electron chi connectivity index (χ4n) is 1.85. The lowest BCUT2D eigenvalue weighted by Gasteiger charge is -2.09. The van der Waals surface area contributed by atoms with Crippen molar-refractivity contribution in [2.24, 2.45) is 0 Å². The molecule has 3 aromatic rings. The number of para-hydroxylation sites is 1. The Morgan fingerprint density at radius 3 is 2.62 bits per heavy atom. The first-order valence-corrected chi connectivity index (χ1v) is 9.98. The van der Waals surface area contributed by atoms with Gasteiger partial charge >= 0.3 is 0 Å². The van der Waals surface area contributed by atoms with E-state index in [2.05, 4.69) is 15.5 Å². The molecule has 0 fully saturated rings. The molecule has 0 unspecified atom stereocenters. The van der Waals surface area contributed by atoms with E-state index in [1.54, 1.807) is 5.51 Å². The minimum atomic E-state index is -0.0785. The van der Waals surface area contributed by atoms with Crippen molar-refractivity contribution >= 4 is 58.1 Å². The first-order chi connectivity index (χ1) is 11.7. The molecule has 0 aliphatic carbocycles. The molecule has 0 saturated carbocycles. The molecule has 0 bridgehead atoms. The molecular weight excluding hydrogens is 382 g/mol. The van der Waals surface area contributed by atoms with E-state index in [1.807, 2.05) is 48.5 Å². The summed E-state index contributed by atoms with van der Waals surface area (Å²) < 4.78 is 0.835. The number of benzene rings is 2. The van der Waals surface area contributed by atoms with Gasteiger partial charge in [-0.15, -0.1) is 22.0 Å². The lowest BCUT2D eigenvalue weighted by Crippen LogP contribution is -2.14. The van der Waals surface area contributed by atoms with Crippen molar-refractivity contribution in [3.8, 4) is 0 Å². The van der Waals surface area contributed by atoms with Gasteiger partial charge in [-0.2, -0.15) is 0 Å². The summed E-state index contributed by atoms with van der Waals surface area (Å²) in [6, 6.07) is 15.1. The number of rotatable bonds is 6. The zero-order chi connectivity index (χ0) is 16.8. The molecule has 1 heterocycles. The second kappa shape index (κ2) is 8.53. The van der Waals surface area contributed by atoms with Gasteiger partial charge < -0.3 is 5.32 Å². The summed E-state index contributed by atoms with van der Waals surface area (Å²) in [6.07, 6.45) is 0. The van der Waals surface area contributed by atoms with Crippen LogP contribution < -0.4 is 5.32 Å². The highest BCUT2D eigenvalue weighted by Gasteiger charge is 2.10. The number of amides is 1. The zero-order valence-corrected chi connectivity index (χ0v) is 15.5. The van der Waals surface area contributed by atoms with E-state index in [1.165, 1.54) is 34.9 Å². The molecule has 0 aliphatic heterocycles. The molecule has 0 aliphatic rings. The predicted molar refractivity (Wildman–Crippen MR) is 101 cm³/mol. The van der Waals surface area contributed by atoms with E-state index >= 15 is 0 Å². The van der Waals surface area contributed by atoms with Crippen LogP contribution in [-0.4, -0.2) is 21.9 Å². The van der Waals surface area contributed by atoms with Crippen molar-refractivity contribution in [1.29, 1.82) is 0 Å². The van der Waals surface area contributed by atoms with Gasteiger partial charge in [0.15, 0.2) is 4.34 Å². The molecule has 1 N–H and O–H groups in total. The van der Waals surface area contributed by atoms with Gasteiger partial charge in [0, 0.05) is 9.79 Å².